The monoisotopic (exact) mass is 364 g/mol. The summed E-state index contributed by atoms with van der Waals surface area (Å²) < 4.78 is 40.3. The van der Waals surface area contributed by atoms with Crippen molar-refractivity contribution in [2.75, 3.05) is 26.7 Å². The van der Waals surface area contributed by atoms with Crippen LogP contribution in [0.5, 0.6) is 0 Å². The molecule has 1 N–H and O–H groups in total. The molecule has 20 heavy (non-hydrogen) atoms. The third-order valence-electron chi connectivity index (χ3n) is 3.50. The number of hydrogen-bond donors (Lipinski definition) is 1. The van der Waals surface area contributed by atoms with Gasteiger partial charge in [-0.2, -0.15) is 4.31 Å². The van der Waals surface area contributed by atoms with Gasteiger partial charge in [0.15, 0.2) is 0 Å². The molecular weight excluding hydrogens is 347 g/mol. The fourth-order valence-corrected chi connectivity index (χ4v) is 4.30. The Bertz CT molecular complexity index is 578. The maximum absolute atomic E-state index is 13.5. The Morgan fingerprint density at radius 2 is 2.25 bits per heavy atom. The molecule has 7 heteroatoms. The van der Waals surface area contributed by atoms with Gasteiger partial charge in [0, 0.05) is 13.1 Å². The molecule has 0 radical (unpaired) electrons. The molecule has 1 fully saturated rings. The average Bonchev–Trinajstić information content (AvgIpc) is 2.42. The van der Waals surface area contributed by atoms with E-state index in [9.17, 15) is 12.8 Å². The van der Waals surface area contributed by atoms with E-state index in [1.54, 1.807) is 0 Å². The predicted molar refractivity (Wildman–Crippen MR) is 79.5 cm³/mol. The first-order chi connectivity index (χ1) is 9.45. The number of halogens is 2. The van der Waals surface area contributed by atoms with Crippen LogP contribution in [-0.2, 0) is 10.0 Å². The zero-order chi connectivity index (χ0) is 14.8. The van der Waals surface area contributed by atoms with Crippen molar-refractivity contribution in [3.63, 3.8) is 0 Å². The molecule has 1 aliphatic heterocycles. The molecule has 2 rings (SSSR count). The van der Waals surface area contributed by atoms with Crippen LogP contribution in [0.1, 0.15) is 12.8 Å². The summed E-state index contributed by atoms with van der Waals surface area (Å²) in [6.07, 6.45) is 1.85. The summed E-state index contributed by atoms with van der Waals surface area (Å²) in [5, 5.41) is 3.08. The summed E-state index contributed by atoms with van der Waals surface area (Å²) in [7, 11) is -1.75. The molecule has 1 heterocycles. The van der Waals surface area contributed by atoms with Gasteiger partial charge in [-0.3, -0.25) is 0 Å². The molecule has 0 spiro atoms. The van der Waals surface area contributed by atoms with Crippen LogP contribution in [0.4, 0.5) is 4.39 Å². The highest BCUT2D eigenvalue weighted by molar-refractivity contribution is 9.10. The van der Waals surface area contributed by atoms with Crippen molar-refractivity contribution in [3.05, 3.63) is 28.5 Å². The number of rotatable bonds is 4. The van der Waals surface area contributed by atoms with Gasteiger partial charge in [0.1, 0.15) is 5.82 Å². The van der Waals surface area contributed by atoms with Gasteiger partial charge in [0.05, 0.1) is 9.37 Å². The molecule has 0 saturated carbocycles. The molecule has 4 nitrogen and oxygen atoms in total. The first kappa shape index (κ1) is 15.9. The Morgan fingerprint density at radius 3 is 2.90 bits per heavy atom. The second-order valence-corrected chi connectivity index (χ2v) is 7.80. The van der Waals surface area contributed by atoms with Gasteiger partial charge in [-0.05, 0) is 66.5 Å². The molecule has 1 saturated heterocycles. The normalized spacial score (nSPS) is 21.1. The second kappa shape index (κ2) is 6.51. The van der Waals surface area contributed by atoms with Crippen LogP contribution in [0.3, 0.4) is 0 Å². The molecule has 0 aromatic heterocycles. The number of piperidine rings is 1. The maximum atomic E-state index is 13.5. The van der Waals surface area contributed by atoms with Gasteiger partial charge in [-0.25, -0.2) is 12.8 Å². The molecule has 1 aromatic carbocycles. The van der Waals surface area contributed by atoms with E-state index in [0.717, 1.165) is 25.5 Å². The van der Waals surface area contributed by atoms with Crippen molar-refractivity contribution in [2.45, 2.75) is 17.7 Å². The Kier molecular flexibility index (Phi) is 5.17. The number of nitrogens with one attached hydrogen (secondary N) is 1. The summed E-state index contributed by atoms with van der Waals surface area (Å²) in [4.78, 5) is 0.0170. The Balaban J connectivity index is 2.23. The Labute approximate surface area is 127 Å². The van der Waals surface area contributed by atoms with Gasteiger partial charge >= 0.3 is 0 Å². The lowest BCUT2D eigenvalue weighted by atomic mass is 10.00. The van der Waals surface area contributed by atoms with E-state index in [1.165, 1.54) is 16.4 Å². The van der Waals surface area contributed by atoms with E-state index in [-0.39, 0.29) is 9.37 Å². The first-order valence-electron chi connectivity index (χ1n) is 6.55. The van der Waals surface area contributed by atoms with Crippen LogP contribution in [0.2, 0.25) is 0 Å². The summed E-state index contributed by atoms with van der Waals surface area (Å²) in [5.41, 5.74) is 0. The molecule has 1 atom stereocenters. The molecule has 0 aliphatic carbocycles. The molecule has 1 aliphatic rings. The van der Waals surface area contributed by atoms with E-state index in [1.807, 2.05) is 7.05 Å². The lowest BCUT2D eigenvalue weighted by Gasteiger charge is -2.31. The summed E-state index contributed by atoms with van der Waals surface area (Å²) >= 11 is 3.03. The van der Waals surface area contributed by atoms with Crippen molar-refractivity contribution in [1.82, 2.24) is 9.62 Å². The molecule has 112 valence electrons. The fourth-order valence-electron chi connectivity index (χ4n) is 2.49. The van der Waals surface area contributed by atoms with E-state index in [2.05, 4.69) is 21.2 Å². The topological polar surface area (TPSA) is 49.4 Å². The lowest BCUT2D eigenvalue weighted by molar-refractivity contribution is 0.263. The van der Waals surface area contributed by atoms with E-state index in [0.29, 0.717) is 19.0 Å². The van der Waals surface area contributed by atoms with E-state index < -0.39 is 15.8 Å². The fraction of sp³-hybridized carbons (Fsp3) is 0.538. The quantitative estimate of drug-likeness (QED) is 0.890. The highest BCUT2D eigenvalue weighted by atomic mass is 79.9. The number of nitrogens with zero attached hydrogens (tertiary/aromatic N) is 1. The van der Waals surface area contributed by atoms with Crippen LogP contribution in [-0.4, -0.2) is 39.4 Å². The van der Waals surface area contributed by atoms with Crippen LogP contribution < -0.4 is 5.32 Å². The summed E-state index contributed by atoms with van der Waals surface area (Å²) in [6.45, 7) is 1.78. The molecular formula is C13H18BrFN2O2S. The minimum absolute atomic E-state index is 0.0170. The Hall–Kier alpha value is -0.500. The highest BCUT2D eigenvalue weighted by Gasteiger charge is 2.30. The second-order valence-electron chi connectivity index (χ2n) is 5.00. The average molecular weight is 365 g/mol. The number of sulfonamides is 1. The minimum atomic E-state index is -3.61. The maximum Gasteiger partial charge on any atom is 0.243 e. The van der Waals surface area contributed by atoms with Crippen molar-refractivity contribution in [1.29, 1.82) is 0 Å². The lowest BCUT2D eigenvalue weighted by Crippen LogP contribution is -2.42. The van der Waals surface area contributed by atoms with Gasteiger partial charge < -0.3 is 5.32 Å². The Morgan fingerprint density at radius 1 is 1.50 bits per heavy atom. The largest absolute Gasteiger partial charge is 0.319 e. The van der Waals surface area contributed by atoms with Crippen molar-refractivity contribution in [2.24, 2.45) is 5.92 Å². The van der Waals surface area contributed by atoms with E-state index >= 15 is 0 Å². The van der Waals surface area contributed by atoms with Crippen molar-refractivity contribution >= 4 is 26.0 Å². The van der Waals surface area contributed by atoms with Crippen LogP contribution in [0, 0.1) is 11.7 Å². The van der Waals surface area contributed by atoms with Gasteiger partial charge in [-0.1, -0.05) is 0 Å². The van der Waals surface area contributed by atoms with Crippen LogP contribution >= 0.6 is 15.9 Å². The smallest absolute Gasteiger partial charge is 0.243 e. The van der Waals surface area contributed by atoms with Gasteiger partial charge in [0.25, 0.3) is 0 Å². The summed E-state index contributed by atoms with van der Waals surface area (Å²) in [5.74, 6) is -0.251. The van der Waals surface area contributed by atoms with Crippen LogP contribution in [0.25, 0.3) is 0 Å². The van der Waals surface area contributed by atoms with Crippen LogP contribution in [0.15, 0.2) is 27.6 Å². The SMILES string of the molecule is CNCC1CCCN(S(=O)(=O)c2ccc(Br)c(F)c2)C1. The van der Waals surface area contributed by atoms with Gasteiger partial charge in [0.2, 0.25) is 10.0 Å². The molecule has 1 aromatic rings. The number of benzene rings is 1. The van der Waals surface area contributed by atoms with Crippen molar-refractivity contribution in [3.8, 4) is 0 Å². The molecule has 0 bridgehead atoms. The van der Waals surface area contributed by atoms with E-state index in [4.69, 9.17) is 0 Å². The first-order valence-corrected chi connectivity index (χ1v) is 8.78. The number of hydrogen-bond acceptors (Lipinski definition) is 3. The highest BCUT2D eigenvalue weighted by Crippen LogP contribution is 2.25. The summed E-state index contributed by atoms with van der Waals surface area (Å²) in [6, 6.07) is 3.93. The van der Waals surface area contributed by atoms with Gasteiger partial charge in [-0.15, -0.1) is 0 Å². The predicted octanol–water partition coefficient (Wildman–Crippen LogP) is 2.21. The molecule has 0 amide bonds. The standard InChI is InChI=1S/C13H18BrFN2O2S/c1-16-8-10-3-2-6-17(9-10)20(18,19)11-4-5-12(14)13(15)7-11/h4-5,7,10,16H,2-3,6,8-9H2,1H3. The third kappa shape index (κ3) is 3.39. The third-order valence-corrected chi connectivity index (χ3v) is 6.01. The zero-order valence-corrected chi connectivity index (χ0v) is 13.7. The van der Waals surface area contributed by atoms with Crippen molar-refractivity contribution < 1.29 is 12.8 Å². The zero-order valence-electron chi connectivity index (χ0n) is 11.3. The molecule has 1 unspecified atom stereocenters. The minimum Gasteiger partial charge on any atom is -0.319 e.